The van der Waals surface area contributed by atoms with E-state index in [9.17, 15) is 0 Å². The van der Waals surface area contributed by atoms with Crippen molar-refractivity contribution in [2.45, 2.75) is 6.92 Å². The lowest BCUT2D eigenvalue weighted by atomic mass is 10.1. The molecule has 0 atom stereocenters. The Bertz CT molecular complexity index is 221. The Morgan fingerprint density at radius 3 is 1.08 bits per heavy atom. The third-order valence-electron chi connectivity index (χ3n) is 1.25. The predicted octanol–water partition coefficient (Wildman–Crippen LogP) is 4.22. The first-order valence-electron chi connectivity index (χ1n) is 3.90. The van der Waals surface area contributed by atoms with Gasteiger partial charge >= 0.3 is 0 Å². The van der Waals surface area contributed by atoms with Gasteiger partial charge in [0.15, 0.2) is 0 Å². The maximum atomic E-state index is 3.66. The molecule has 0 aliphatic carbocycles. The highest BCUT2D eigenvalue weighted by Gasteiger charge is 1.84. The van der Waals surface area contributed by atoms with Crippen molar-refractivity contribution in [3.8, 4) is 0 Å². The van der Waals surface area contributed by atoms with Gasteiger partial charge in [0.2, 0.25) is 0 Å². The fourth-order valence-electron chi connectivity index (χ4n) is 0.262. The minimum absolute atomic E-state index is 0.833. The molecule has 0 aromatic rings. The quantitative estimate of drug-likeness (QED) is 0.560. The van der Waals surface area contributed by atoms with Crippen molar-refractivity contribution in [3.05, 3.63) is 74.4 Å². The van der Waals surface area contributed by atoms with Gasteiger partial charge in [0.25, 0.3) is 0 Å². The van der Waals surface area contributed by atoms with Crippen LogP contribution in [0.3, 0.4) is 0 Å². The Morgan fingerprint density at radius 2 is 1.00 bits per heavy atom. The van der Waals surface area contributed by atoms with Crippen molar-refractivity contribution < 1.29 is 0 Å². The molecule has 0 nitrogen and oxygen atoms in total. The molecule has 0 saturated heterocycles. The fraction of sp³-hybridized carbons (Fsp3) is 0.0769. The molecule has 0 aliphatic rings. The number of hydrogen-bond donors (Lipinski definition) is 0. The molecule has 0 heteroatoms. The van der Waals surface area contributed by atoms with E-state index in [1.54, 1.807) is 18.2 Å². The highest BCUT2D eigenvalue weighted by molar-refractivity contribution is 5.40. The lowest BCUT2D eigenvalue weighted by Gasteiger charge is -1.93. The standard InChI is InChI=1S/C8H10.C5H8/c1-5-7(3)8(4)6-2;1-4-5(2)3/h5-6H,1-4H2;4H,1-2H2,3H3. The van der Waals surface area contributed by atoms with Crippen LogP contribution in [-0.2, 0) is 0 Å². The van der Waals surface area contributed by atoms with Gasteiger partial charge in [-0.2, -0.15) is 0 Å². The monoisotopic (exact) mass is 174 g/mol. The SMILES string of the molecule is C=CC(=C)C.C=CC(=C)C(=C)C=C. The van der Waals surface area contributed by atoms with E-state index >= 15 is 0 Å². The molecule has 0 saturated carbocycles. The molecule has 0 aliphatic heterocycles. The molecule has 0 spiro atoms. The van der Waals surface area contributed by atoms with Gasteiger partial charge in [-0.3, -0.25) is 0 Å². The van der Waals surface area contributed by atoms with Crippen LogP contribution in [0.1, 0.15) is 6.92 Å². The Balaban J connectivity index is 0. The van der Waals surface area contributed by atoms with Crippen molar-refractivity contribution in [2.75, 3.05) is 0 Å². The van der Waals surface area contributed by atoms with Crippen LogP contribution < -0.4 is 0 Å². The molecule has 13 heavy (non-hydrogen) atoms. The van der Waals surface area contributed by atoms with Crippen LogP contribution in [0.15, 0.2) is 74.4 Å². The molecule has 70 valence electrons. The van der Waals surface area contributed by atoms with Gasteiger partial charge in [-0.15, -0.1) is 0 Å². The molecule has 0 aromatic carbocycles. The summed E-state index contributed by atoms with van der Waals surface area (Å²) >= 11 is 0. The molecule has 0 amide bonds. The average molecular weight is 174 g/mol. The first kappa shape index (κ1) is 14.0. The first-order chi connectivity index (χ1) is 5.99. The minimum atomic E-state index is 0.833. The lowest BCUT2D eigenvalue weighted by molar-refractivity contribution is 1.58. The summed E-state index contributed by atoms with van der Waals surface area (Å²) in [5, 5.41) is 0. The number of rotatable bonds is 4. The summed E-state index contributed by atoms with van der Waals surface area (Å²) < 4.78 is 0. The van der Waals surface area contributed by atoms with Crippen LogP contribution in [0.5, 0.6) is 0 Å². The van der Waals surface area contributed by atoms with Crippen molar-refractivity contribution in [3.63, 3.8) is 0 Å². The van der Waals surface area contributed by atoms with Crippen molar-refractivity contribution in [1.29, 1.82) is 0 Å². The molecule has 0 aromatic heterocycles. The number of hydrogen-bond acceptors (Lipinski definition) is 0. The van der Waals surface area contributed by atoms with Gasteiger partial charge in [-0.25, -0.2) is 0 Å². The molecule has 0 radical (unpaired) electrons. The van der Waals surface area contributed by atoms with Crippen LogP contribution in [0.4, 0.5) is 0 Å². The van der Waals surface area contributed by atoms with Gasteiger partial charge in [0.05, 0.1) is 0 Å². The van der Waals surface area contributed by atoms with Gasteiger partial charge in [-0.1, -0.05) is 63.3 Å². The summed E-state index contributed by atoms with van der Waals surface area (Å²) in [4.78, 5) is 0. The average Bonchev–Trinajstić information content (AvgIpc) is 2.16. The summed E-state index contributed by atoms with van der Waals surface area (Å²) in [6.07, 6.45) is 5.04. The van der Waals surface area contributed by atoms with E-state index in [0.717, 1.165) is 16.7 Å². The van der Waals surface area contributed by atoms with Crippen LogP contribution in [-0.4, -0.2) is 0 Å². The Hall–Kier alpha value is -1.56. The maximum Gasteiger partial charge on any atom is -0.0268 e. The summed E-state index contributed by atoms with van der Waals surface area (Å²) in [5.74, 6) is 0. The molecular formula is C13H18. The summed E-state index contributed by atoms with van der Waals surface area (Å²) in [5.41, 5.74) is 2.69. The second-order valence-corrected chi connectivity index (χ2v) is 2.51. The van der Waals surface area contributed by atoms with Gasteiger partial charge in [0.1, 0.15) is 0 Å². The van der Waals surface area contributed by atoms with E-state index in [-0.39, 0.29) is 0 Å². The summed E-state index contributed by atoms with van der Waals surface area (Å²) in [7, 11) is 0. The van der Waals surface area contributed by atoms with E-state index in [0.29, 0.717) is 0 Å². The van der Waals surface area contributed by atoms with Crippen molar-refractivity contribution >= 4 is 0 Å². The highest BCUT2D eigenvalue weighted by Crippen LogP contribution is 2.04. The maximum absolute atomic E-state index is 3.66. The molecular weight excluding hydrogens is 156 g/mol. The van der Waals surface area contributed by atoms with E-state index < -0.39 is 0 Å². The molecule has 0 N–H and O–H groups in total. The third-order valence-corrected chi connectivity index (χ3v) is 1.25. The molecule has 0 fully saturated rings. The Morgan fingerprint density at radius 1 is 0.769 bits per heavy atom. The van der Waals surface area contributed by atoms with Gasteiger partial charge in [-0.05, 0) is 18.1 Å². The van der Waals surface area contributed by atoms with Gasteiger partial charge in [0, 0.05) is 0 Å². The Kier molecular flexibility index (Phi) is 9.19. The van der Waals surface area contributed by atoms with Gasteiger partial charge < -0.3 is 0 Å². The minimum Gasteiger partial charge on any atom is -0.0988 e. The van der Waals surface area contributed by atoms with Crippen LogP contribution in [0.2, 0.25) is 0 Å². The van der Waals surface area contributed by atoms with Crippen LogP contribution in [0, 0.1) is 0 Å². The zero-order valence-electron chi connectivity index (χ0n) is 8.47. The van der Waals surface area contributed by atoms with Crippen molar-refractivity contribution in [1.82, 2.24) is 0 Å². The zero-order chi connectivity index (χ0) is 10.9. The number of allylic oxidation sites excluding steroid dienone is 6. The molecule has 0 rings (SSSR count). The van der Waals surface area contributed by atoms with E-state index in [2.05, 4.69) is 39.5 Å². The Labute approximate surface area is 82.0 Å². The third kappa shape index (κ3) is 10.4. The zero-order valence-corrected chi connectivity index (χ0v) is 8.47. The normalized spacial score (nSPS) is 7.15. The summed E-state index contributed by atoms with van der Waals surface area (Å²) in [6.45, 7) is 23.3. The largest absolute Gasteiger partial charge is 0.0988 e. The van der Waals surface area contributed by atoms with Crippen LogP contribution in [0.25, 0.3) is 0 Å². The summed E-state index contributed by atoms with van der Waals surface area (Å²) in [6, 6.07) is 0. The molecule has 0 heterocycles. The topological polar surface area (TPSA) is 0 Å². The molecule has 0 unspecified atom stereocenters. The van der Waals surface area contributed by atoms with E-state index in [1.165, 1.54) is 0 Å². The lowest BCUT2D eigenvalue weighted by Crippen LogP contribution is -1.73. The van der Waals surface area contributed by atoms with Crippen LogP contribution >= 0.6 is 0 Å². The highest BCUT2D eigenvalue weighted by atomic mass is 13.9. The first-order valence-corrected chi connectivity index (χ1v) is 3.90. The molecule has 0 bridgehead atoms. The fourth-order valence-corrected chi connectivity index (χ4v) is 0.262. The second-order valence-electron chi connectivity index (χ2n) is 2.51. The second kappa shape index (κ2) is 8.54. The van der Waals surface area contributed by atoms with Crippen molar-refractivity contribution in [2.24, 2.45) is 0 Å². The smallest absolute Gasteiger partial charge is 0.0268 e. The van der Waals surface area contributed by atoms with E-state index in [1.807, 2.05) is 6.92 Å². The van der Waals surface area contributed by atoms with E-state index in [4.69, 9.17) is 0 Å². The predicted molar refractivity (Wildman–Crippen MR) is 63.7 cm³/mol.